The Labute approximate surface area is 119 Å². The van der Waals surface area contributed by atoms with E-state index in [1.54, 1.807) is 0 Å². The van der Waals surface area contributed by atoms with Gasteiger partial charge in [0.2, 0.25) is 5.79 Å². The Kier molecular flexibility index (Phi) is 2.81. The zero-order valence-corrected chi connectivity index (χ0v) is 12.4. The summed E-state index contributed by atoms with van der Waals surface area (Å²) in [5.41, 5.74) is -0.549. The van der Waals surface area contributed by atoms with E-state index < -0.39 is 24.0 Å². The molecule has 20 heavy (non-hydrogen) atoms. The number of ether oxygens (including phenoxy) is 2. The molecule has 4 aliphatic heterocycles. The lowest BCUT2D eigenvalue weighted by atomic mass is 9.58. The summed E-state index contributed by atoms with van der Waals surface area (Å²) in [6.07, 6.45) is 2.72. The highest BCUT2D eigenvalue weighted by atomic mass is 17.3. The van der Waals surface area contributed by atoms with Crippen LogP contribution < -0.4 is 0 Å². The first kappa shape index (κ1) is 13.5. The smallest absolute Gasteiger partial charge is 0.201 e. The Morgan fingerprint density at radius 3 is 2.65 bits per heavy atom. The molecule has 5 rings (SSSR count). The molecule has 2 bridgehead atoms. The van der Waals surface area contributed by atoms with Crippen molar-refractivity contribution in [1.29, 1.82) is 0 Å². The van der Waals surface area contributed by atoms with Gasteiger partial charge in [-0.2, -0.15) is 0 Å². The van der Waals surface area contributed by atoms with Crippen molar-refractivity contribution < 1.29 is 24.4 Å². The number of fused-ring (bicyclic) bond motifs is 2. The van der Waals surface area contributed by atoms with Crippen molar-refractivity contribution in [2.45, 2.75) is 70.4 Å². The average molecular weight is 284 g/mol. The summed E-state index contributed by atoms with van der Waals surface area (Å²) in [5.74, 6) is 0.437. The summed E-state index contributed by atoms with van der Waals surface area (Å²) in [7, 11) is 0. The SMILES string of the molecule is C[C@@H]1CC[C@H]2[C@@H](C)C(O)OC3OC4(C)CC[C@@H]1C32OO4. The van der Waals surface area contributed by atoms with E-state index in [-0.39, 0.29) is 11.8 Å². The van der Waals surface area contributed by atoms with E-state index in [0.717, 1.165) is 19.3 Å². The quantitative estimate of drug-likeness (QED) is 0.691. The second-order valence-corrected chi connectivity index (χ2v) is 7.30. The Bertz CT molecular complexity index is 411. The fourth-order valence-corrected chi connectivity index (χ4v) is 4.89. The molecular formula is C15H24O5. The lowest BCUT2D eigenvalue weighted by molar-refractivity contribution is -0.576. The van der Waals surface area contributed by atoms with Crippen LogP contribution in [0.1, 0.15) is 46.5 Å². The van der Waals surface area contributed by atoms with E-state index in [4.69, 9.17) is 19.2 Å². The molecule has 1 saturated carbocycles. The highest BCUT2D eigenvalue weighted by molar-refractivity contribution is 5.08. The van der Waals surface area contributed by atoms with Crippen LogP contribution in [0.3, 0.4) is 0 Å². The molecule has 0 aromatic carbocycles. The first-order valence-electron chi connectivity index (χ1n) is 7.84. The third-order valence-corrected chi connectivity index (χ3v) is 6.12. The predicted molar refractivity (Wildman–Crippen MR) is 69.0 cm³/mol. The Balaban J connectivity index is 1.82. The fraction of sp³-hybridized carbons (Fsp3) is 1.00. The Hall–Kier alpha value is -0.200. The molecule has 4 saturated heterocycles. The molecule has 4 unspecified atom stereocenters. The molecule has 5 aliphatic rings. The third-order valence-electron chi connectivity index (χ3n) is 6.12. The minimum Gasteiger partial charge on any atom is -0.368 e. The van der Waals surface area contributed by atoms with Crippen molar-refractivity contribution in [2.75, 3.05) is 0 Å². The van der Waals surface area contributed by atoms with Gasteiger partial charge in [-0.3, -0.25) is 0 Å². The van der Waals surface area contributed by atoms with Gasteiger partial charge in [0.25, 0.3) is 0 Å². The van der Waals surface area contributed by atoms with E-state index in [1.807, 2.05) is 13.8 Å². The fourth-order valence-electron chi connectivity index (χ4n) is 4.89. The molecule has 1 aliphatic carbocycles. The van der Waals surface area contributed by atoms with Gasteiger partial charge < -0.3 is 14.6 Å². The van der Waals surface area contributed by atoms with Crippen LogP contribution in [0.25, 0.3) is 0 Å². The summed E-state index contributed by atoms with van der Waals surface area (Å²) in [4.78, 5) is 11.6. The summed E-state index contributed by atoms with van der Waals surface area (Å²) >= 11 is 0. The molecule has 114 valence electrons. The zero-order chi connectivity index (χ0) is 14.1. The van der Waals surface area contributed by atoms with Gasteiger partial charge in [-0.15, -0.1) is 0 Å². The number of aliphatic hydroxyl groups is 1. The van der Waals surface area contributed by atoms with Crippen LogP contribution in [0, 0.1) is 23.7 Å². The van der Waals surface area contributed by atoms with Crippen molar-refractivity contribution >= 4 is 0 Å². The molecular weight excluding hydrogens is 260 g/mol. The van der Waals surface area contributed by atoms with Crippen LogP contribution >= 0.6 is 0 Å². The maximum atomic E-state index is 10.2. The minimum absolute atomic E-state index is 0.0379. The third kappa shape index (κ3) is 1.56. The summed E-state index contributed by atoms with van der Waals surface area (Å²) in [6, 6.07) is 0. The van der Waals surface area contributed by atoms with Crippen molar-refractivity contribution in [3.63, 3.8) is 0 Å². The van der Waals surface area contributed by atoms with E-state index >= 15 is 0 Å². The molecule has 4 heterocycles. The second kappa shape index (κ2) is 4.17. The van der Waals surface area contributed by atoms with Crippen LogP contribution in [0.2, 0.25) is 0 Å². The number of aliphatic hydroxyl groups excluding tert-OH is 1. The monoisotopic (exact) mass is 284 g/mol. The molecule has 0 aromatic heterocycles. The molecule has 1 N–H and O–H groups in total. The molecule has 1 spiro atoms. The predicted octanol–water partition coefficient (Wildman–Crippen LogP) is 2.19. The topological polar surface area (TPSA) is 57.2 Å². The van der Waals surface area contributed by atoms with Gasteiger partial charge in [0.15, 0.2) is 18.2 Å². The van der Waals surface area contributed by atoms with Gasteiger partial charge in [-0.05, 0) is 38.0 Å². The molecule has 5 fully saturated rings. The highest BCUT2D eigenvalue weighted by Crippen LogP contribution is 2.60. The van der Waals surface area contributed by atoms with E-state index in [2.05, 4.69) is 6.92 Å². The van der Waals surface area contributed by atoms with Crippen LogP contribution in [0.4, 0.5) is 0 Å². The van der Waals surface area contributed by atoms with Gasteiger partial charge in [0.05, 0.1) is 0 Å². The molecule has 8 atom stereocenters. The molecule has 5 nitrogen and oxygen atoms in total. The summed E-state index contributed by atoms with van der Waals surface area (Å²) < 4.78 is 11.9. The van der Waals surface area contributed by atoms with Crippen molar-refractivity contribution in [3.8, 4) is 0 Å². The standard InChI is InChI=1S/C15H24O5/c1-8-4-5-11-9(2)12(16)17-13-15(11)10(8)6-7-14(3,18-13)19-20-15/h8-13,16H,4-7H2,1-3H3/t8-,9-,10+,11+,12?,13?,14?,15?/m1/s1. The first-order chi connectivity index (χ1) is 9.46. The zero-order valence-electron chi connectivity index (χ0n) is 12.4. The van der Waals surface area contributed by atoms with Gasteiger partial charge in [0, 0.05) is 18.3 Å². The molecule has 0 radical (unpaired) electrons. The molecule has 5 heteroatoms. The maximum absolute atomic E-state index is 10.2. The Morgan fingerprint density at radius 2 is 1.85 bits per heavy atom. The largest absolute Gasteiger partial charge is 0.368 e. The van der Waals surface area contributed by atoms with Crippen molar-refractivity contribution in [1.82, 2.24) is 0 Å². The van der Waals surface area contributed by atoms with E-state index in [9.17, 15) is 5.11 Å². The Morgan fingerprint density at radius 1 is 1.05 bits per heavy atom. The van der Waals surface area contributed by atoms with Gasteiger partial charge >= 0.3 is 0 Å². The minimum atomic E-state index is -0.781. The van der Waals surface area contributed by atoms with Crippen LogP contribution in [0.15, 0.2) is 0 Å². The average Bonchev–Trinajstić information content (AvgIpc) is 2.63. The van der Waals surface area contributed by atoms with Crippen LogP contribution in [-0.2, 0) is 19.2 Å². The number of hydrogen-bond donors (Lipinski definition) is 1. The van der Waals surface area contributed by atoms with Crippen molar-refractivity contribution in [3.05, 3.63) is 0 Å². The highest BCUT2D eigenvalue weighted by Gasteiger charge is 2.69. The van der Waals surface area contributed by atoms with Gasteiger partial charge in [-0.25, -0.2) is 9.78 Å². The van der Waals surface area contributed by atoms with Gasteiger partial charge in [-0.1, -0.05) is 13.8 Å². The summed E-state index contributed by atoms with van der Waals surface area (Å²) in [5, 5.41) is 10.2. The molecule has 0 aromatic rings. The lowest BCUT2D eigenvalue weighted by Gasteiger charge is -2.59. The maximum Gasteiger partial charge on any atom is 0.201 e. The van der Waals surface area contributed by atoms with Crippen molar-refractivity contribution in [2.24, 2.45) is 23.7 Å². The van der Waals surface area contributed by atoms with Crippen LogP contribution in [-0.4, -0.2) is 29.1 Å². The van der Waals surface area contributed by atoms with E-state index in [1.165, 1.54) is 6.42 Å². The second-order valence-electron chi connectivity index (χ2n) is 7.30. The first-order valence-corrected chi connectivity index (χ1v) is 7.84. The lowest BCUT2D eigenvalue weighted by Crippen LogP contribution is -2.70. The van der Waals surface area contributed by atoms with Crippen LogP contribution in [0.5, 0.6) is 0 Å². The van der Waals surface area contributed by atoms with Gasteiger partial charge in [0.1, 0.15) is 0 Å². The number of hydrogen-bond acceptors (Lipinski definition) is 5. The summed E-state index contributed by atoms with van der Waals surface area (Å²) in [6.45, 7) is 6.22. The molecule has 0 amide bonds. The van der Waals surface area contributed by atoms with E-state index in [0.29, 0.717) is 11.8 Å². The number of rotatable bonds is 0. The normalized spacial score (nSPS) is 61.8.